The van der Waals surface area contributed by atoms with Gasteiger partial charge in [-0.05, 0) is 36.6 Å². The summed E-state index contributed by atoms with van der Waals surface area (Å²) in [5, 5.41) is 11.4. The van der Waals surface area contributed by atoms with Gasteiger partial charge in [0.25, 0.3) is 5.91 Å². The fraction of sp³-hybridized carbons (Fsp3) is 0.158. The molecule has 0 saturated carbocycles. The molecule has 1 aliphatic heterocycles. The number of benzene rings is 2. The van der Waals surface area contributed by atoms with Crippen LogP contribution in [0.1, 0.15) is 44.3 Å². The van der Waals surface area contributed by atoms with Crippen LogP contribution in [-0.4, -0.2) is 11.9 Å². The molecule has 1 amide bonds. The number of carboxylic acid groups (broad SMARTS) is 1. The molecular formula is C19H16NO3-. The molecule has 0 unspecified atom stereocenters. The Morgan fingerprint density at radius 1 is 1.30 bits per heavy atom. The summed E-state index contributed by atoms with van der Waals surface area (Å²) < 4.78 is 0. The van der Waals surface area contributed by atoms with Gasteiger partial charge in [-0.25, -0.2) is 0 Å². The molecule has 1 atom stereocenters. The van der Waals surface area contributed by atoms with Crippen molar-refractivity contribution in [3.63, 3.8) is 0 Å². The second kappa shape index (κ2) is 5.72. The van der Waals surface area contributed by atoms with Crippen LogP contribution in [0.25, 0.3) is 0 Å². The lowest BCUT2D eigenvalue weighted by Gasteiger charge is -2.25. The molecule has 116 valence electrons. The Bertz CT molecular complexity index is 810. The molecule has 1 aliphatic rings. The Morgan fingerprint density at radius 3 is 2.70 bits per heavy atom. The topological polar surface area (TPSA) is 60.4 Å². The fourth-order valence-electron chi connectivity index (χ4n) is 3.12. The second-order valence-corrected chi connectivity index (χ2v) is 5.61. The number of amides is 1. The van der Waals surface area contributed by atoms with E-state index in [2.05, 4.69) is 6.58 Å². The molecule has 2 aromatic carbocycles. The molecule has 1 heterocycles. The summed E-state index contributed by atoms with van der Waals surface area (Å²) in [6, 6.07) is 12.2. The first-order valence-corrected chi connectivity index (χ1v) is 7.40. The number of carbonyl (C=O) groups is 2. The third-order valence-corrected chi connectivity index (χ3v) is 4.09. The number of aromatic carboxylic acids is 1. The van der Waals surface area contributed by atoms with Crippen molar-refractivity contribution in [3.8, 4) is 0 Å². The quantitative estimate of drug-likeness (QED) is 0.816. The highest BCUT2D eigenvalue weighted by atomic mass is 16.4. The summed E-state index contributed by atoms with van der Waals surface area (Å²) in [5.74, 6) is -1.64. The zero-order valence-electron chi connectivity index (χ0n) is 12.8. The minimum atomic E-state index is -1.33. The van der Waals surface area contributed by atoms with Crippen LogP contribution in [-0.2, 0) is 0 Å². The van der Waals surface area contributed by atoms with E-state index in [1.807, 2.05) is 31.2 Å². The molecule has 0 saturated heterocycles. The maximum absolute atomic E-state index is 12.9. The van der Waals surface area contributed by atoms with E-state index in [1.165, 1.54) is 6.07 Å². The first-order valence-electron chi connectivity index (χ1n) is 7.40. The number of anilines is 1. The third kappa shape index (κ3) is 2.42. The number of carboxylic acids is 1. The standard InChI is InChI=1S/C19H17NO3/c1-3-6-16-14-9-5-10-15(19(22)23)17(14)18(21)20(16)13-8-4-7-12(2)11-13/h3-5,7-11,16H,1,6H2,2H3,(H,22,23)/p-1/t16-/m0/s1. The zero-order valence-corrected chi connectivity index (χ0v) is 12.8. The van der Waals surface area contributed by atoms with E-state index in [9.17, 15) is 14.7 Å². The van der Waals surface area contributed by atoms with Crippen molar-refractivity contribution in [1.29, 1.82) is 0 Å². The summed E-state index contributed by atoms with van der Waals surface area (Å²) >= 11 is 0. The average molecular weight is 306 g/mol. The maximum Gasteiger partial charge on any atom is 0.259 e. The summed E-state index contributed by atoms with van der Waals surface area (Å²) in [6.45, 7) is 5.71. The van der Waals surface area contributed by atoms with Gasteiger partial charge >= 0.3 is 0 Å². The monoisotopic (exact) mass is 306 g/mol. The van der Waals surface area contributed by atoms with E-state index in [1.54, 1.807) is 23.1 Å². The highest BCUT2D eigenvalue weighted by Crippen LogP contribution is 2.41. The zero-order chi connectivity index (χ0) is 16.6. The van der Waals surface area contributed by atoms with Gasteiger partial charge in [-0.2, -0.15) is 0 Å². The summed E-state index contributed by atoms with van der Waals surface area (Å²) in [7, 11) is 0. The molecule has 0 spiro atoms. The Morgan fingerprint density at radius 2 is 2.04 bits per heavy atom. The van der Waals surface area contributed by atoms with Gasteiger partial charge in [0.05, 0.1) is 17.6 Å². The van der Waals surface area contributed by atoms with Crippen LogP contribution in [0.15, 0.2) is 55.1 Å². The van der Waals surface area contributed by atoms with E-state index >= 15 is 0 Å². The summed E-state index contributed by atoms with van der Waals surface area (Å²) in [4.78, 5) is 25.9. The number of aryl methyl sites for hydroxylation is 1. The van der Waals surface area contributed by atoms with Crippen LogP contribution < -0.4 is 10.0 Å². The molecular weight excluding hydrogens is 290 g/mol. The molecule has 0 bridgehead atoms. The highest BCUT2D eigenvalue weighted by Gasteiger charge is 2.38. The SMILES string of the molecule is C=CC[C@H]1c2cccc(C(=O)[O-])c2C(=O)N1c1cccc(C)c1. The minimum absolute atomic E-state index is 0.0586. The van der Waals surface area contributed by atoms with Crippen molar-refractivity contribution in [2.24, 2.45) is 0 Å². The van der Waals surface area contributed by atoms with E-state index < -0.39 is 5.97 Å². The Kier molecular flexibility index (Phi) is 3.74. The number of fused-ring (bicyclic) bond motifs is 1. The molecule has 0 aliphatic carbocycles. The van der Waals surface area contributed by atoms with Crippen LogP contribution in [0, 0.1) is 6.92 Å². The predicted octanol–water partition coefficient (Wildman–Crippen LogP) is 2.64. The Labute approximate surface area is 134 Å². The Hall–Kier alpha value is -2.88. The smallest absolute Gasteiger partial charge is 0.259 e. The van der Waals surface area contributed by atoms with E-state index in [-0.39, 0.29) is 23.1 Å². The van der Waals surface area contributed by atoms with Gasteiger partial charge in [-0.15, -0.1) is 6.58 Å². The molecule has 0 radical (unpaired) electrons. The Balaban J connectivity index is 2.19. The first kappa shape index (κ1) is 15.0. The highest BCUT2D eigenvalue weighted by molar-refractivity contribution is 6.16. The van der Waals surface area contributed by atoms with Crippen LogP contribution in [0.3, 0.4) is 0 Å². The molecule has 0 fully saturated rings. The van der Waals surface area contributed by atoms with Gasteiger partial charge < -0.3 is 14.8 Å². The lowest BCUT2D eigenvalue weighted by Crippen LogP contribution is -2.29. The molecule has 2 aromatic rings. The van der Waals surface area contributed by atoms with Crippen molar-refractivity contribution >= 4 is 17.6 Å². The van der Waals surface area contributed by atoms with Crippen molar-refractivity contribution in [2.75, 3.05) is 4.90 Å². The number of nitrogens with zero attached hydrogens (tertiary/aromatic N) is 1. The predicted molar refractivity (Wildman–Crippen MR) is 86.3 cm³/mol. The molecule has 3 rings (SSSR count). The normalized spacial score (nSPS) is 16.3. The molecule has 23 heavy (non-hydrogen) atoms. The molecule has 4 nitrogen and oxygen atoms in total. The average Bonchev–Trinajstić information content (AvgIpc) is 2.80. The van der Waals surface area contributed by atoms with E-state index in [0.29, 0.717) is 12.0 Å². The molecule has 0 N–H and O–H groups in total. The van der Waals surface area contributed by atoms with Crippen molar-refractivity contribution in [2.45, 2.75) is 19.4 Å². The van der Waals surface area contributed by atoms with E-state index in [0.717, 1.165) is 11.3 Å². The van der Waals surface area contributed by atoms with Gasteiger partial charge in [0.1, 0.15) is 0 Å². The minimum Gasteiger partial charge on any atom is -0.545 e. The first-order chi connectivity index (χ1) is 11.0. The summed E-state index contributed by atoms with van der Waals surface area (Å²) in [6.07, 6.45) is 2.28. The van der Waals surface area contributed by atoms with Crippen LogP contribution in [0.5, 0.6) is 0 Å². The third-order valence-electron chi connectivity index (χ3n) is 4.09. The second-order valence-electron chi connectivity index (χ2n) is 5.61. The van der Waals surface area contributed by atoms with Crippen molar-refractivity contribution in [1.82, 2.24) is 0 Å². The number of rotatable bonds is 4. The van der Waals surface area contributed by atoms with Crippen LogP contribution >= 0.6 is 0 Å². The van der Waals surface area contributed by atoms with Gasteiger partial charge in [-0.3, -0.25) is 4.79 Å². The summed E-state index contributed by atoms with van der Waals surface area (Å²) in [5.41, 5.74) is 2.65. The lowest BCUT2D eigenvalue weighted by atomic mass is 9.98. The molecule has 4 heteroatoms. The largest absolute Gasteiger partial charge is 0.545 e. The lowest BCUT2D eigenvalue weighted by molar-refractivity contribution is -0.255. The number of hydrogen-bond donors (Lipinski definition) is 0. The van der Waals surface area contributed by atoms with Crippen LogP contribution in [0.4, 0.5) is 5.69 Å². The van der Waals surface area contributed by atoms with Gasteiger partial charge in [0.2, 0.25) is 0 Å². The van der Waals surface area contributed by atoms with Gasteiger partial charge in [0.15, 0.2) is 0 Å². The van der Waals surface area contributed by atoms with Gasteiger partial charge in [-0.1, -0.05) is 36.4 Å². The van der Waals surface area contributed by atoms with Gasteiger partial charge in [0, 0.05) is 11.3 Å². The van der Waals surface area contributed by atoms with Crippen LogP contribution in [0.2, 0.25) is 0 Å². The maximum atomic E-state index is 12.9. The number of hydrogen-bond acceptors (Lipinski definition) is 3. The van der Waals surface area contributed by atoms with E-state index in [4.69, 9.17) is 0 Å². The van der Waals surface area contributed by atoms with Crippen molar-refractivity contribution < 1.29 is 14.7 Å². The molecule has 0 aromatic heterocycles. The fourth-order valence-corrected chi connectivity index (χ4v) is 3.12. The van der Waals surface area contributed by atoms with Crippen molar-refractivity contribution in [3.05, 3.63) is 77.4 Å². The number of carbonyl (C=O) groups excluding carboxylic acids is 2.